The number of aromatic nitrogens is 1. The maximum atomic E-state index is 13.3. The van der Waals surface area contributed by atoms with E-state index >= 15 is 0 Å². The zero-order valence-corrected chi connectivity index (χ0v) is 16.9. The third kappa shape index (κ3) is 2.98. The molecule has 0 unspecified atom stereocenters. The van der Waals surface area contributed by atoms with Gasteiger partial charge in [0.05, 0.1) is 11.6 Å². The maximum absolute atomic E-state index is 13.3. The summed E-state index contributed by atoms with van der Waals surface area (Å²) in [5, 5.41) is 6.89. The monoisotopic (exact) mass is 399 g/mol. The third-order valence-corrected chi connectivity index (χ3v) is 6.02. The largest absolute Gasteiger partial charge is 0.489 e. The molecule has 1 amide bonds. The second-order valence-corrected chi connectivity index (χ2v) is 7.85. The van der Waals surface area contributed by atoms with Crippen LogP contribution in [0.15, 0.2) is 60.0 Å². The fraction of sp³-hybridized carbons (Fsp3) is 0.217. The number of nitrogens with zero attached hydrogens (tertiary/aromatic N) is 2. The standard InChI is InChI=1S/C23H22BN3O3/c1-3-16-4-5-17(10-20(16)25-2)24-27-21-7-6-18(29-13-15-12-26-30-14-15)11-19(21)23(8-9-23)22(27)28/h3-7,10-12,14,24-25H,1,8-9,13H2,2H3. The maximum Gasteiger partial charge on any atom is 0.279 e. The van der Waals surface area contributed by atoms with Crippen LogP contribution in [0.3, 0.4) is 0 Å². The summed E-state index contributed by atoms with van der Waals surface area (Å²) in [5.41, 5.74) is 5.68. The van der Waals surface area contributed by atoms with Gasteiger partial charge in [0.15, 0.2) is 0 Å². The summed E-state index contributed by atoms with van der Waals surface area (Å²) in [7, 11) is 2.43. The number of hydrogen-bond donors (Lipinski definition) is 1. The molecule has 1 aromatic heterocycles. The van der Waals surface area contributed by atoms with E-state index in [1.165, 1.54) is 0 Å². The smallest absolute Gasteiger partial charge is 0.279 e. The van der Waals surface area contributed by atoms with E-state index < -0.39 is 0 Å². The molecule has 1 N–H and O–H groups in total. The predicted molar refractivity (Wildman–Crippen MR) is 119 cm³/mol. The number of benzene rings is 2. The van der Waals surface area contributed by atoms with Crippen LogP contribution in [0, 0.1) is 0 Å². The van der Waals surface area contributed by atoms with Gasteiger partial charge in [0.25, 0.3) is 7.41 Å². The van der Waals surface area contributed by atoms with Crippen molar-refractivity contribution in [3.05, 3.63) is 72.1 Å². The van der Waals surface area contributed by atoms with E-state index in [2.05, 4.69) is 29.2 Å². The van der Waals surface area contributed by atoms with Crippen LogP contribution in [0.2, 0.25) is 0 Å². The average molecular weight is 399 g/mol. The second-order valence-electron chi connectivity index (χ2n) is 7.85. The first kappa shape index (κ1) is 18.5. The van der Waals surface area contributed by atoms with E-state index in [0.29, 0.717) is 14.0 Å². The molecule has 2 aliphatic rings. The summed E-state index contributed by atoms with van der Waals surface area (Å²) in [6.07, 6.45) is 6.81. The second kappa shape index (κ2) is 7.09. The fourth-order valence-corrected chi connectivity index (χ4v) is 4.22. The minimum Gasteiger partial charge on any atom is -0.489 e. The Morgan fingerprint density at radius 2 is 2.20 bits per heavy atom. The highest BCUT2D eigenvalue weighted by Gasteiger charge is 2.59. The van der Waals surface area contributed by atoms with Crippen molar-refractivity contribution in [2.75, 3.05) is 17.2 Å². The molecule has 1 spiro atoms. The Kier molecular flexibility index (Phi) is 4.38. The Balaban J connectivity index is 1.42. The lowest BCUT2D eigenvalue weighted by molar-refractivity contribution is -0.119. The van der Waals surface area contributed by atoms with E-state index in [1.54, 1.807) is 12.5 Å². The molecule has 1 fully saturated rings. The van der Waals surface area contributed by atoms with E-state index in [0.717, 1.165) is 52.1 Å². The quantitative estimate of drug-likeness (QED) is 0.619. The van der Waals surface area contributed by atoms with Gasteiger partial charge in [-0.15, -0.1) is 0 Å². The molecule has 2 heterocycles. The number of rotatable bonds is 7. The number of nitrogens with one attached hydrogen (secondary N) is 1. The molecule has 0 saturated heterocycles. The van der Waals surface area contributed by atoms with Gasteiger partial charge in [-0.25, -0.2) is 0 Å². The molecule has 0 bridgehead atoms. The number of ether oxygens (including phenoxy) is 1. The number of amides is 1. The molecule has 30 heavy (non-hydrogen) atoms. The lowest BCUT2D eigenvalue weighted by Gasteiger charge is -2.18. The van der Waals surface area contributed by atoms with Gasteiger partial charge in [0.2, 0.25) is 5.91 Å². The third-order valence-electron chi connectivity index (χ3n) is 6.02. The van der Waals surface area contributed by atoms with Crippen LogP contribution in [0.5, 0.6) is 5.75 Å². The molecule has 1 saturated carbocycles. The summed E-state index contributed by atoms with van der Waals surface area (Å²) in [5.74, 6) is 0.941. The molecule has 3 aromatic rings. The zero-order chi connectivity index (χ0) is 20.7. The minimum absolute atomic E-state index is 0.187. The molecular weight excluding hydrogens is 377 g/mol. The number of carbonyl (C=O) groups excluding carboxylic acids is 1. The van der Waals surface area contributed by atoms with Gasteiger partial charge in [0.1, 0.15) is 18.6 Å². The summed E-state index contributed by atoms with van der Waals surface area (Å²) in [4.78, 5) is 15.2. The van der Waals surface area contributed by atoms with E-state index in [9.17, 15) is 4.79 Å². The number of carbonyl (C=O) groups is 1. The van der Waals surface area contributed by atoms with Gasteiger partial charge in [0, 0.05) is 24.0 Å². The van der Waals surface area contributed by atoms with Crippen LogP contribution < -0.4 is 20.3 Å². The van der Waals surface area contributed by atoms with Crippen LogP contribution in [-0.2, 0) is 16.8 Å². The van der Waals surface area contributed by atoms with E-state index in [1.807, 2.05) is 42.2 Å². The zero-order valence-electron chi connectivity index (χ0n) is 16.9. The first-order valence-corrected chi connectivity index (χ1v) is 10.1. The van der Waals surface area contributed by atoms with Gasteiger partial charge in [-0.2, -0.15) is 0 Å². The molecule has 0 radical (unpaired) electrons. The Morgan fingerprint density at radius 1 is 1.33 bits per heavy atom. The highest BCUT2D eigenvalue weighted by Crippen LogP contribution is 2.57. The van der Waals surface area contributed by atoms with Crippen LogP contribution in [0.1, 0.15) is 29.5 Å². The van der Waals surface area contributed by atoms with Crippen molar-refractivity contribution in [3.8, 4) is 5.75 Å². The molecule has 7 heteroatoms. The van der Waals surface area contributed by atoms with Crippen molar-refractivity contribution in [1.29, 1.82) is 0 Å². The van der Waals surface area contributed by atoms with Crippen molar-refractivity contribution < 1.29 is 14.1 Å². The van der Waals surface area contributed by atoms with Gasteiger partial charge in [-0.05, 0) is 48.2 Å². The van der Waals surface area contributed by atoms with Crippen molar-refractivity contribution in [3.63, 3.8) is 0 Å². The highest BCUT2D eigenvalue weighted by atomic mass is 16.5. The van der Waals surface area contributed by atoms with Crippen LogP contribution in [-0.4, -0.2) is 25.5 Å². The summed E-state index contributed by atoms with van der Waals surface area (Å²) < 4.78 is 10.7. The Bertz CT molecular complexity index is 1120. The molecular formula is C23H22BN3O3. The lowest BCUT2D eigenvalue weighted by atomic mass is 9.79. The topological polar surface area (TPSA) is 67.6 Å². The Morgan fingerprint density at radius 3 is 2.90 bits per heavy atom. The van der Waals surface area contributed by atoms with Gasteiger partial charge in [-0.1, -0.05) is 35.4 Å². The molecule has 2 aromatic carbocycles. The van der Waals surface area contributed by atoms with Gasteiger partial charge in [-0.3, -0.25) is 4.79 Å². The van der Waals surface area contributed by atoms with Crippen LogP contribution in [0.25, 0.3) is 6.08 Å². The predicted octanol–water partition coefficient (Wildman–Crippen LogP) is 2.99. The first-order chi connectivity index (χ1) is 14.6. The van der Waals surface area contributed by atoms with Crippen molar-refractivity contribution in [1.82, 2.24) is 5.16 Å². The SMILES string of the molecule is C=Cc1ccc(BN2C(=O)C3(CC3)c3cc(OCc4cnoc4)ccc32)cc1NC. The molecule has 0 atom stereocenters. The first-order valence-electron chi connectivity index (χ1n) is 10.1. The minimum atomic E-state index is -0.376. The average Bonchev–Trinajstić information content (AvgIpc) is 3.36. The van der Waals surface area contributed by atoms with Crippen molar-refractivity contribution >= 4 is 36.2 Å². The number of fused-ring (bicyclic) bond motifs is 2. The van der Waals surface area contributed by atoms with Gasteiger partial charge >= 0.3 is 0 Å². The van der Waals surface area contributed by atoms with Crippen molar-refractivity contribution in [2.24, 2.45) is 0 Å². The summed E-state index contributed by atoms with van der Waals surface area (Å²) in [6.45, 7) is 4.24. The fourth-order valence-electron chi connectivity index (χ4n) is 4.22. The molecule has 150 valence electrons. The summed E-state index contributed by atoms with van der Waals surface area (Å²) >= 11 is 0. The van der Waals surface area contributed by atoms with Crippen molar-refractivity contribution in [2.45, 2.75) is 24.9 Å². The van der Waals surface area contributed by atoms with E-state index in [4.69, 9.17) is 9.26 Å². The van der Waals surface area contributed by atoms with Crippen LogP contribution >= 0.6 is 0 Å². The normalized spacial score (nSPS) is 15.8. The molecule has 6 nitrogen and oxygen atoms in total. The number of anilines is 2. The molecule has 1 aliphatic carbocycles. The van der Waals surface area contributed by atoms with Gasteiger partial charge < -0.3 is 19.4 Å². The summed E-state index contributed by atoms with van der Waals surface area (Å²) in [6, 6.07) is 12.1. The van der Waals surface area contributed by atoms with Crippen LogP contribution in [0.4, 0.5) is 11.4 Å². The number of hydrogen-bond acceptors (Lipinski definition) is 5. The Labute approximate surface area is 175 Å². The highest BCUT2D eigenvalue weighted by molar-refractivity contribution is 6.64. The molecule has 1 aliphatic heterocycles. The van der Waals surface area contributed by atoms with E-state index in [-0.39, 0.29) is 11.3 Å². The lowest BCUT2D eigenvalue weighted by Crippen LogP contribution is -2.41. The molecule has 5 rings (SSSR count). The Hall–Kier alpha value is -3.48.